The molecule has 1 aliphatic heterocycles. The standard InChI is InChI=1S/C18H26N2O6S/c1-3-20(4-2)27(24,25)15-9-5-7-13(11-15)17(21)19-16(18(22)23)14-8-6-10-26-12-14/h5,7,9,11,14,16H,3-4,6,8,10,12H2,1-2H3,(H,19,21)(H,22,23). The SMILES string of the molecule is CCN(CC)S(=O)(=O)c1cccc(C(=O)NC(C(=O)O)C2CCCOC2)c1. The number of carbonyl (C=O) groups excluding carboxylic acids is 1. The zero-order chi connectivity index (χ0) is 20.0. The summed E-state index contributed by atoms with van der Waals surface area (Å²) in [5.74, 6) is -2.07. The minimum Gasteiger partial charge on any atom is -0.480 e. The largest absolute Gasteiger partial charge is 0.480 e. The molecule has 2 N–H and O–H groups in total. The zero-order valence-corrected chi connectivity index (χ0v) is 16.4. The van der Waals surface area contributed by atoms with Crippen molar-refractivity contribution in [3.8, 4) is 0 Å². The Morgan fingerprint density at radius 1 is 1.33 bits per heavy atom. The van der Waals surface area contributed by atoms with E-state index in [0.717, 1.165) is 6.42 Å². The molecule has 0 radical (unpaired) electrons. The van der Waals surface area contributed by atoms with E-state index in [0.29, 0.717) is 26.1 Å². The summed E-state index contributed by atoms with van der Waals surface area (Å²) >= 11 is 0. The fourth-order valence-corrected chi connectivity index (χ4v) is 4.65. The van der Waals surface area contributed by atoms with Gasteiger partial charge in [-0.2, -0.15) is 4.31 Å². The lowest BCUT2D eigenvalue weighted by atomic mass is 9.93. The van der Waals surface area contributed by atoms with Crippen LogP contribution in [-0.4, -0.2) is 62.1 Å². The molecule has 2 rings (SSSR count). The van der Waals surface area contributed by atoms with Gasteiger partial charge >= 0.3 is 5.97 Å². The number of ether oxygens (including phenoxy) is 1. The molecule has 2 unspecified atom stereocenters. The van der Waals surface area contributed by atoms with Gasteiger partial charge in [0.25, 0.3) is 5.91 Å². The van der Waals surface area contributed by atoms with E-state index < -0.39 is 27.9 Å². The minimum atomic E-state index is -3.71. The van der Waals surface area contributed by atoms with Crippen LogP contribution >= 0.6 is 0 Å². The van der Waals surface area contributed by atoms with Gasteiger partial charge in [-0.3, -0.25) is 4.79 Å². The van der Waals surface area contributed by atoms with Gasteiger partial charge in [0.2, 0.25) is 10.0 Å². The van der Waals surface area contributed by atoms with Crippen molar-refractivity contribution in [3.05, 3.63) is 29.8 Å². The molecule has 2 atom stereocenters. The number of aliphatic carboxylic acids is 1. The number of amides is 1. The number of carboxylic acid groups (broad SMARTS) is 1. The Kier molecular flexibility index (Phi) is 7.34. The van der Waals surface area contributed by atoms with Crippen LogP contribution in [-0.2, 0) is 19.6 Å². The summed E-state index contributed by atoms with van der Waals surface area (Å²) in [6, 6.07) is 4.56. The predicted octanol–water partition coefficient (Wildman–Crippen LogP) is 1.33. The third-order valence-corrected chi connectivity index (χ3v) is 6.70. The predicted molar refractivity (Wildman–Crippen MR) is 99.0 cm³/mol. The highest BCUT2D eigenvalue weighted by atomic mass is 32.2. The fraction of sp³-hybridized carbons (Fsp3) is 0.556. The summed E-state index contributed by atoms with van der Waals surface area (Å²) in [6.07, 6.45) is 1.38. The lowest BCUT2D eigenvalue weighted by Gasteiger charge is -2.28. The van der Waals surface area contributed by atoms with Crippen molar-refractivity contribution in [2.24, 2.45) is 5.92 Å². The molecule has 1 aliphatic rings. The fourth-order valence-electron chi connectivity index (χ4n) is 3.14. The van der Waals surface area contributed by atoms with Crippen LogP contribution in [0.5, 0.6) is 0 Å². The second kappa shape index (κ2) is 9.29. The number of benzene rings is 1. The van der Waals surface area contributed by atoms with E-state index in [4.69, 9.17) is 4.74 Å². The molecule has 1 saturated heterocycles. The van der Waals surface area contributed by atoms with Crippen LogP contribution in [0.4, 0.5) is 0 Å². The second-order valence-corrected chi connectivity index (χ2v) is 8.32. The molecule has 1 heterocycles. The topological polar surface area (TPSA) is 113 Å². The molecule has 1 aromatic carbocycles. The maximum atomic E-state index is 12.6. The van der Waals surface area contributed by atoms with Crippen molar-refractivity contribution in [2.75, 3.05) is 26.3 Å². The van der Waals surface area contributed by atoms with E-state index in [1.165, 1.54) is 28.6 Å². The van der Waals surface area contributed by atoms with Crippen molar-refractivity contribution in [2.45, 2.75) is 37.6 Å². The van der Waals surface area contributed by atoms with Gasteiger partial charge < -0.3 is 15.2 Å². The molecule has 150 valence electrons. The Hall–Kier alpha value is -1.97. The van der Waals surface area contributed by atoms with Crippen molar-refractivity contribution < 1.29 is 27.9 Å². The first-order valence-electron chi connectivity index (χ1n) is 9.02. The third kappa shape index (κ3) is 5.06. The van der Waals surface area contributed by atoms with Crippen molar-refractivity contribution in [3.63, 3.8) is 0 Å². The average molecular weight is 398 g/mol. The van der Waals surface area contributed by atoms with E-state index in [2.05, 4.69) is 5.32 Å². The lowest BCUT2D eigenvalue weighted by Crippen LogP contribution is -2.48. The van der Waals surface area contributed by atoms with Crippen molar-refractivity contribution >= 4 is 21.9 Å². The Morgan fingerprint density at radius 2 is 2.04 bits per heavy atom. The summed E-state index contributed by atoms with van der Waals surface area (Å²) in [5.41, 5.74) is 0.103. The van der Waals surface area contributed by atoms with Crippen LogP contribution in [0, 0.1) is 5.92 Å². The highest BCUT2D eigenvalue weighted by molar-refractivity contribution is 7.89. The van der Waals surface area contributed by atoms with Crippen LogP contribution in [0.15, 0.2) is 29.2 Å². The monoisotopic (exact) mass is 398 g/mol. The van der Waals surface area contributed by atoms with E-state index in [1.807, 2.05) is 0 Å². The first kappa shape index (κ1) is 21.3. The molecule has 1 fully saturated rings. The van der Waals surface area contributed by atoms with Gasteiger partial charge in [0.15, 0.2) is 0 Å². The minimum absolute atomic E-state index is 0.00623. The number of hydrogen-bond donors (Lipinski definition) is 2. The van der Waals surface area contributed by atoms with Crippen LogP contribution in [0.1, 0.15) is 37.0 Å². The zero-order valence-electron chi connectivity index (χ0n) is 15.6. The molecule has 1 aromatic rings. The van der Waals surface area contributed by atoms with Gasteiger partial charge in [-0.05, 0) is 31.0 Å². The molecular formula is C18H26N2O6S. The maximum Gasteiger partial charge on any atom is 0.326 e. The van der Waals surface area contributed by atoms with Gasteiger partial charge in [0, 0.05) is 31.2 Å². The highest BCUT2D eigenvalue weighted by Crippen LogP contribution is 2.20. The van der Waals surface area contributed by atoms with E-state index in [9.17, 15) is 23.1 Å². The van der Waals surface area contributed by atoms with Gasteiger partial charge in [-0.25, -0.2) is 13.2 Å². The summed E-state index contributed by atoms with van der Waals surface area (Å²) in [4.78, 5) is 24.2. The Labute approximate surface area is 159 Å². The summed E-state index contributed by atoms with van der Waals surface area (Å²) < 4.78 is 31.9. The number of sulfonamides is 1. The van der Waals surface area contributed by atoms with Gasteiger partial charge in [0.05, 0.1) is 11.5 Å². The molecule has 0 bridgehead atoms. The number of carboxylic acids is 1. The first-order valence-corrected chi connectivity index (χ1v) is 10.5. The number of carbonyl (C=O) groups is 2. The van der Waals surface area contributed by atoms with Gasteiger partial charge in [0.1, 0.15) is 6.04 Å². The van der Waals surface area contributed by atoms with E-state index in [-0.39, 0.29) is 23.0 Å². The number of nitrogens with one attached hydrogen (secondary N) is 1. The van der Waals surface area contributed by atoms with Gasteiger partial charge in [-0.15, -0.1) is 0 Å². The van der Waals surface area contributed by atoms with Crippen molar-refractivity contribution in [1.29, 1.82) is 0 Å². The lowest BCUT2D eigenvalue weighted by molar-refractivity contribution is -0.142. The molecule has 9 heteroatoms. The summed E-state index contributed by atoms with van der Waals surface area (Å²) in [7, 11) is -3.71. The average Bonchev–Trinajstić information content (AvgIpc) is 2.67. The van der Waals surface area contributed by atoms with E-state index >= 15 is 0 Å². The Bertz CT molecular complexity index is 770. The number of rotatable bonds is 8. The molecule has 0 aromatic heterocycles. The highest BCUT2D eigenvalue weighted by Gasteiger charge is 2.32. The molecule has 8 nitrogen and oxygen atoms in total. The molecule has 0 aliphatic carbocycles. The molecule has 27 heavy (non-hydrogen) atoms. The molecule has 1 amide bonds. The maximum absolute atomic E-state index is 12.6. The quantitative estimate of drug-likeness (QED) is 0.683. The number of hydrogen-bond acceptors (Lipinski definition) is 5. The number of nitrogens with zero attached hydrogens (tertiary/aromatic N) is 1. The van der Waals surface area contributed by atoms with Crippen LogP contribution in [0.3, 0.4) is 0 Å². The molecule has 0 spiro atoms. The summed E-state index contributed by atoms with van der Waals surface area (Å²) in [6.45, 7) is 4.97. The first-order chi connectivity index (χ1) is 12.8. The van der Waals surface area contributed by atoms with Crippen molar-refractivity contribution in [1.82, 2.24) is 9.62 Å². The van der Waals surface area contributed by atoms with E-state index in [1.54, 1.807) is 13.8 Å². The molecule has 0 saturated carbocycles. The second-order valence-electron chi connectivity index (χ2n) is 6.38. The van der Waals surface area contributed by atoms with Crippen LogP contribution in [0.2, 0.25) is 0 Å². The Balaban J connectivity index is 2.22. The third-order valence-electron chi connectivity index (χ3n) is 4.66. The normalized spacial score (nSPS) is 18.9. The van der Waals surface area contributed by atoms with Crippen LogP contribution < -0.4 is 5.32 Å². The Morgan fingerprint density at radius 3 is 2.59 bits per heavy atom. The van der Waals surface area contributed by atoms with Crippen LogP contribution in [0.25, 0.3) is 0 Å². The smallest absolute Gasteiger partial charge is 0.326 e. The summed E-state index contributed by atoms with van der Waals surface area (Å²) in [5, 5.41) is 12.0. The molecular weight excluding hydrogens is 372 g/mol. The van der Waals surface area contributed by atoms with Gasteiger partial charge in [-0.1, -0.05) is 19.9 Å².